The number of hydrogen-bond donors (Lipinski definition) is 0. The van der Waals surface area contributed by atoms with Crippen molar-refractivity contribution in [3.8, 4) is 0 Å². The molecule has 0 radical (unpaired) electrons. The lowest BCUT2D eigenvalue weighted by Gasteiger charge is -2.23. The van der Waals surface area contributed by atoms with Crippen LogP contribution in [0.4, 0.5) is 5.13 Å². The maximum Gasteiger partial charge on any atom is 0.244 e. The van der Waals surface area contributed by atoms with E-state index < -0.39 is 21.5 Å². The SMILES string of the molecule is O=C(CS(=O)(=O)Cc1ccccc1)N(CC1CCCO1)c1nc2ccc(Br)cc2s1. The highest BCUT2D eigenvalue weighted by molar-refractivity contribution is 9.10. The Bertz CT molecular complexity index is 1140. The van der Waals surface area contributed by atoms with Crippen LogP contribution in [0, 0.1) is 0 Å². The number of fused-ring (bicyclic) bond motifs is 1. The molecule has 0 N–H and O–H groups in total. The summed E-state index contributed by atoms with van der Waals surface area (Å²) in [5, 5.41) is 0.499. The number of benzene rings is 2. The van der Waals surface area contributed by atoms with Gasteiger partial charge in [0.1, 0.15) is 5.75 Å². The molecule has 30 heavy (non-hydrogen) atoms. The van der Waals surface area contributed by atoms with E-state index in [0.717, 1.165) is 27.5 Å². The van der Waals surface area contributed by atoms with Gasteiger partial charge in [-0.25, -0.2) is 13.4 Å². The lowest BCUT2D eigenvalue weighted by Crippen LogP contribution is -2.41. The number of sulfone groups is 1. The minimum absolute atomic E-state index is 0.107. The molecule has 6 nitrogen and oxygen atoms in total. The quantitative estimate of drug-likeness (QED) is 0.478. The van der Waals surface area contributed by atoms with Gasteiger partial charge in [0.25, 0.3) is 0 Å². The molecule has 1 saturated heterocycles. The van der Waals surface area contributed by atoms with Crippen molar-refractivity contribution < 1.29 is 17.9 Å². The van der Waals surface area contributed by atoms with Gasteiger partial charge in [0.05, 0.1) is 28.6 Å². The molecule has 1 unspecified atom stereocenters. The molecule has 2 heterocycles. The zero-order chi connectivity index (χ0) is 21.1. The molecule has 9 heteroatoms. The zero-order valence-electron chi connectivity index (χ0n) is 16.2. The van der Waals surface area contributed by atoms with Gasteiger partial charge < -0.3 is 4.74 Å². The van der Waals surface area contributed by atoms with Crippen LogP contribution in [0.15, 0.2) is 53.0 Å². The lowest BCUT2D eigenvalue weighted by molar-refractivity contribution is -0.116. The first-order valence-corrected chi connectivity index (χ1v) is 13.1. The number of carbonyl (C=O) groups is 1. The molecule has 3 aromatic rings. The first-order chi connectivity index (χ1) is 14.4. The highest BCUT2D eigenvalue weighted by atomic mass is 79.9. The maximum absolute atomic E-state index is 13.1. The first-order valence-electron chi connectivity index (χ1n) is 9.62. The second kappa shape index (κ2) is 9.13. The average Bonchev–Trinajstić information content (AvgIpc) is 3.35. The van der Waals surface area contributed by atoms with Crippen LogP contribution in [-0.2, 0) is 25.1 Å². The molecule has 0 spiro atoms. The third kappa shape index (κ3) is 5.26. The van der Waals surface area contributed by atoms with Crippen molar-refractivity contribution >= 4 is 58.4 Å². The minimum Gasteiger partial charge on any atom is -0.376 e. The first kappa shape index (κ1) is 21.4. The normalized spacial score (nSPS) is 16.8. The fraction of sp³-hybridized carbons (Fsp3) is 0.333. The lowest BCUT2D eigenvalue weighted by atomic mass is 10.2. The Morgan fingerprint density at radius 3 is 2.77 bits per heavy atom. The van der Waals surface area contributed by atoms with Crippen molar-refractivity contribution in [1.82, 2.24) is 4.98 Å². The fourth-order valence-corrected chi connectivity index (χ4v) is 6.30. The Hall–Kier alpha value is -1.81. The molecule has 1 aliphatic heterocycles. The van der Waals surface area contributed by atoms with Gasteiger partial charge in [0.2, 0.25) is 5.91 Å². The molecule has 4 rings (SSSR count). The second-order valence-electron chi connectivity index (χ2n) is 7.27. The van der Waals surface area contributed by atoms with E-state index in [0.29, 0.717) is 23.8 Å². The van der Waals surface area contributed by atoms with Crippen molar-refractivity contribution in [3.63, 3.8) is 0 Å². The van der Waals surface area contributed by atoms with E-state index in [2.05, 4.69) is 20.9 Å². The van der Waals surface area contributed by atoms with Crippen LogP contribution in [0.25, 0.3) is 10.2 Å². The predicted molar refractivity (Wildman–Crippen MR) is 123 cm³/mol. The standard InChI is InChI=1S/C21H21BrN2O4S2/c22-16-8-9-18-19(11-16)29-21(23-18)24(12-17-7-4-10-28-17)20(25)14-30(26,27)13-15-5-2-1-3-6-15/h1-3,5-6,8-9,11,17H,4,7,10,12-14H2. The molecule has 1 atom stereocenters. The highest BCUT2D eigenvalue weighted by Gasteiger charge is 2.29. The van der Waals surface area contributed by atoms with Gasteiger partial charge in [-0.05, 0) is 36.6 Å². The number of hydrogen-bond acceptors (Lipinski definition) is 6. The van der Waals surface area contributed by atoms with E-state index in [1.165, 1.54) is 16.2 Å². The zero-order valence-corrected chi connectivity index (χ0v) is 19.4. The van der Waals surface area contributed by atoms with Crippen LogP contribution < -0.4 is 4.90 Å². The van der Waals surface area contributed by atoms with Crippen LogP contribution in [-0.4, -0.2) is 44.3 Å². The van der Waals surface area contributed by atoms with Crippen LogP contribution >= 0.6 is 27.3 Å². The summed E-state index contributed by atoms with van der Waals surface area (Å²) in [6.07, 6.45) is 1.67. The van der Waals surface area contributed by atoms with Crippen LogP contribution in [0.1, 0.15) is 18.4 Å². The van der Waals surface area contributed by atoms with Crippen molar-refractivity contribution in [1.29, 1.82) is 0 Å². The topological polar surface area (TPSA) is 76.6 Å². The van der Waals surface area contributed by atoms with Gasteiger partial charge in [-0.15, -0.1) is 0 Å². The molecule has 0 aliphatic carbocycles. The molecule has 1 fully saturated rings. The number of anilines is 1. The molecular formula is C21H21BrN2O4S2. The number of carbonyl (C=O) groups excluding carboxylic acids is 1. The Labute approximate surface area is 187 Å². The number of halogens is 1. The van der Waals surface area contributed by atoms with E-state index in [1.54, 1.807) is 24.3 Å². The molecule has 158 valence electrons. The summed E-state index contributed by atoms with van der Waals surface area (Å²) >= 11 is 4.82. The second-order valence-corrected chi connectivity index (χ2v) is 11.3. The number of nitrogens with zero attached hydrogens (tertiary/aromatic N) is 2. The predicted octanol–water partition coefficient (Wildman–Crippen LogP) is 4.19. The monoisotopic (exact) mass is 508 g/mol. The Kier molecular flexibility index (Phi) is 6.52. The van der Waals surface area contributed by atoms with Crippen molar-refractivity contribution in [2.24, 2.45) is 0 Å². The molecule has 1 aliphatic rings. The largest absolute Gasteiger partial charge is 0.376 e. The molecule has 0 bridgehead atoms. The van der Waals surface area contributed by atoms with Crippen molar-refractivity contribution in [3.05, 3.63) is 58.6 Å². The number of amides is 1. The van der Waals surface area contributed by atoms with Crippen molar-refractivity contribution in [2.75, 3.05) is 23.8 Å². The Morgan fingerprint density at radius 2 is 2.03 bits per heavy atom. The van der Waals surface area contributed by atoms with Crippen molar-refractivity contribution in [2.45, 2.75) is 24.7 Å². The number of ether oxygens (including phenoxy) is 1. The van der Waals surface area contributed by atoms with E-state index in [-0.39, 0.29) is 11.9 Å². The molecule has 0 saturated carbocycles. The summed E-state index contributed by atoms with van der Waals surface area (Å²) in [6.45, 7) is 0.965. The highest BCUT2D eigenvalue weighted by Crippen LogP contribution is 2.32. The van der Waals surface area contributed by atoms with E-state index in [1.807, 2.05) is 24.3 Å². The Morgan fingerprint density at radius 1 is 1.23 bits per heavy atom. The minimum atomic E-state index is -3.62. The molecule has 1 aromatic heterocycles. The van der Waals surface area contributed by atoms with Gasteiger partial charge in [-0.3, -0.25) is 9.69 Å². The van der Waals surface area contributed by atoms with Gasteiger partial charge in [0.15, 0.2) is 15.0 Å². The third-order valence-electron chi connectivity index (χ3n) is 4.85. The van der Waals surface area contributed by atoms with E-state index >= 15 is 0 Å². The number of thiazole rings is 1. The summed E-state index contributed by atoms with van der Waals surface area (Å²) in [6, 6.07) is 14.6. The van der Waals surface area contributed by atoms with E-state index in [4.69, 9.17) is 4.74 Å². The Balaban J connectivity index is 1.58. The van der Waals surface area contributed by atoms with E-state index in [9.17, 15) is 13.2 Å². The molecule has 1 amide bonds. The summed E-state index contributed by atoms with van der Waals surface area (Å²) in [7, 11) is -3.62. The maximum atomic E-state index is 13.1. The number of aromatic nitrogens is 1. The smallest absolute Gasteiger partial charge is 0.244 e. The molecular weight excluding hydrogens is 488 g/mol. The fourth-order valence-electron chi connectivity index (χ4n) is 3.43. The van der Waals surface area contributed by atoms with Crippen LogP contribution in [0.2, 0.25) is 0 Å². The molecule has 2 aromatic carbocycles. The van der Waals surface area contributed by atoms with Gasteiger partial charge >= 0.3 is 0 Å². The summed E-state index contributed by atoms with van der Waals surface area (Å²) < 4.78 is 32.9. The van der Waals surface area contributed by atoms with Gasteiger partial charge in [0, 0.05) is 11.1 Å². The van der Waals surface area contributed by atoms with Crippen LogP contribution in [0.5, 0.6) is 0 Å². The third-order valence-corrected chi connectivity index (χ3v) is 7.85. The summed E-state index contributed by atoms with van der Waals surface area (Å²) in [4.78, 5) is 19.2. The van der Waals surface area contributed by atoms with Gasteiger partial charge in [-0.1, -0.05) is 57.6 Å². The summed E-state index contributed by atoms with van der Waals surface area (Å²) in [5.41, 5.74) is 1.44. The summed E-state index contributed by atoms with van der Waals surface area (Å²) in [5.74, 6) is -1.20. The van der Waals surface area contributed by atoms with Crippen LogP contribution in [0.3, 0.4) is 0 Å². The number of rotatable bonds is 7. The average molecular weight is 509 g/mol. The van der Waals surface area contributed by atoms with Gasteiger partial charge in [-0.2, -0.15) is 0 Å².